The Morgan fingerprint density at radius 1 is 1.69 bits per heavy atom. The van der Waals surface area contributed by atoms with E-state index >= 15 is 0 Å². The Morgan fingerprint density at radius 3 is 3.06 bits per heavy atom. The number of carbonyl (C=O) groups is 1. The Hall–Kier alpha value is -1.58. The molecule has 0 saturated heterocycles. The van der Waals surface area contributed by atoms with Crippen molar-refractivity contribution in [3.05, 3.63) is 24.0 Å². The molecule has 1 aliphatic carbocycles. The second-order valence-corrected chi connectivity index (χ2v) is 4.45. The summed E-state index contributed by atoms with van der Waals surface area (Å²) in [5.41, 5.74) is 0.289. The molecule has 16 heavy (non-hydrogen) atoms. The van der Waals surface area contributed by atoms with Crippen molar-refractivity contribution in [1.29, 1.82) is 0 Å². The van der Waals surface area contributed by atoms with Crippen LogP contribution in [-0.2, 0) is 0 Å². The second kappa shape index (κ2) is 4.51. The highest BCUT2D eigenvalue weighted by atomic mass is 16.3. The zero-order valence-corrected chi connectivity index (χ0v) is 9.31. The summed E-state index contributed by atoms with van der Waals surface area (Å²) in [6.45, 7) is 1.99. The van der Waals surface area contributed by atoms with Gasteiger partial charge in [0.1, 0.15) is 5.75 Å². The van der Waals surface area contributed by atoms with Crippen LogP contribution in [-0.4, -0.2) is 22.0 Å². The van der Waals surface area contributed by atoms with E-state index in [-0.39, 0.29) is 23.3 Å². The Kier molecular flexibility index (Phi) is 3.08. The van der Waals surface area contributed by atoms with Crippen molar-refractivity contribution in [2.45, 2.75) is 32.2 Å². The lowest BCUT2D eigenvalue weighted by atomic mass is 10.1. The first-order valence-electron chi connectivity index (χ1n) is 5.60. The molecule has 1 unspecified atom stereocenters. The highest BCUT2D eigenvalue weighted by Crippen LogP contribution is 2.33. The van der Waals surface area contributed by atoms with Gasteiger partial charge in [-0.25, -0.2) is 0 Å². The molecule has 1 amide bonds. The van der Waals surface area contributed by atoms with Crippen molar-refractivity contribution in [2.75, 3.05) is 0 Å². The fraction of sp³-hybridized carbons (Fsp3) is 0.500. The van der Waals surface area contributed by atoms with Crippen molar-refractivity contribution in [3.63, 3.8) is 0 Å². The minimum atomic E-state index is -0.229. The van der Waals surface area contributed by atoms with E-state index in [0.717, 1.165) is 12.3 Å². The van der Waals surface area contributed by atoms with Gasteiger partial charge >= 0.3 is 0 Å². The maximum absolute atomic E-state index is 11.8. The number of amides is 1. The first kappa shape index (κ1) is 10.9. The summed E-state index contributed by atoms with van der Waals surface area (Å²) < 4.78 is 0. The first-order valence-corrected chi connectivity index (χ1v) is 5.60. The average molecular weight is 220 g/mol. The van der Waals surface area contributed by atoms with Crippen molar-refractivity contribution in [3.8, 4) is 5.75 Å². The summed E-state index contributed by atoms with van der Waals surface area (Å²) in [5.74, 6) is 0.480. The molecule has 2 N–H and O–H groups in total. The second-order valence-electron chi connectivity index (χ2n) is 4.45. The Balaban J connectivity index is 1.94. The van der Waals surface area contributed by atoms with Crippen molar-refractivity contribution >= 4 is 5.91 Å². The van der Waals surface area contributed by atoms with Gasteiger partial charge in [0.25, 0.3) is 5.91 Å². The first-order chi connectivity index (χ1) is 7.66. The van der Waals surface area contributed by atoms with Crippen LogP contribution in [0.2, 0.25) is 0 Å². The monoisotopic (exact) mass is 220 g/mol. The van der Waals surface area contributed by atoms with Crippen LogP contribution in [0.1, 0.15) is 36.5 Å². The van der Waals surface area contributed by atoms with E-state index in [4.69, 9.17) is 0 Å². The summed E-state index contributed by atoms with van der Waals surface area (Å²) in [6.07, 6.45) is 6.36. The van der Waals surface area contributed by atoms with Gasteiger partial charge in [-0.3, -0.25) is 9.78 Å². The normalized spacial score (nSPS) is 16.8. The average Bonchev–Trinajstić information content (AvgIpc) is 3.01. The third-order valence-electron chi connectivity index (χ3n) is 2.81. The van der Waals surface area contributed by atoms with Gasteiger partial charge in [-0.05, 0) is 25.3 Å². The molecule has 1 aromatic rings. The molecule has 1 fully saturated rings. The predicted octanol–water partition coefficient (Wildman–Crippen LogP) is 1.71. The summed E-state index contributed by atoms with van der Waals surface area (Å²) in [6, 6.07) is 1.68. The molecule has 4 heteroatoms. The van der Waals surface area contributed by atoms with Crippen LogP contribution in [0.4, 0.5) is 0 Å². The maximum Gasteiger partial charge on any atom is 0.255 e. The smallest absolute Gasteiger partial charge is 0.255 e. The third-order valence-corrected chi connectivity index (χ3v) is 2.81. The predicted molar refractivity (Wildman–Crippen MR) is 60.2 cm³/mol. The summed E-state index contributed by atoms with van der Waals surface area (Å²) in [7, 11) is 0. The molecule has 0 spiro atoms. The molecule has 1 saturated carbocycles. The highest BCUT2D eigenvalue weighted by molar-refractivity contribution is 5.96. The van der Waals surface area contributed by atoms with Gasteiger partial charge < -0.3 is 10.4 Å². The molecule has 86 valence electrons. The summed E-state index contributed by atoms with van der Waals surface area (Å²) >= 11 is 0. The van der Waals surface area contributed by atoms with Gasteiger partial charge in [-0.15, -0.1) is 0 Å². The molecule has 0 radical (unpaired) electrons. The third kappa shape index (κ3) is 2.72. The summed E-state index contributed by atoms with van der Waals surface area (Å²) in [4.78, 5) is 15.5. The highest BCUT2D eigenvalue weighted by Gasteiger charge is 2.24. The number of carbonyl (C=O) groups excluding carboxylic acids is 1. The standard InChI is InChI=1S/C12H16N2O2/c1-8(6-9-2-3-9)14-12(16)10-4-5-13-7-11(10)15/h4-5,7-9,15H,2-3,6H2,1H3,(H,14,16). The number of nitrogens with zero attached hydrogens (tertiary/aromatic N) is 1. The number of hydrogen-bond donors (Lipinski definition) is 2. The van der Waals surface area contributed by atoms with Crippen molar-refractivity contribution in [2.24, 2.45) is 5.92 Å². The molecule has 0 aliphatic heterocycles. The molecule has 0 aromatic carbocycles. The SMILES string of the molecule is CC(CC1CC1)NC(=O)c1ccncc1O. The van der Waals surface area contributed by atoms with Gasteiger partial charge in [-0.2, -0.15) is 0 Å². The van der Waals surface area contributed by atoms with Crippen molar-refractivity contribution < 1.29 is 9.90 Å². The number of aromatic nitrogens is 1. The molecule has 2 rings (SSSR count). The molecular formula is C12H16N2O2. The van der Waals surface area contributed by atoms with Crippen LogP contribution in [0, 0.1) is 5.92 Å². The van der Waals surface area contributed by atoms with Gasteiger partial charge in [-0.1, -0.05) is 12.8 Å². The number of nitrogens with one attached hydrogen (secondary N) is 1. The Morgan fingerprint density at radius 2 is 2.44 bits per heavy atom. The van der Waals surface area contributed by atoms with Crippen LogP contribution in [0.3, 0.4) is 0 Å². The van der Waals surface area contributed by atoms with Crippen molar-refractivity contribution in [1.82, 2.24) is 10.3 Å². The van der Waals surface area contributed by atoms with E-state index < -0.39 is 0 Å². The lowest BCUT2D eigenvalue weighted by molar-refractivity contribution is 0.0934. The van der Waals surface area contributed by atoms with Crippen LogP contribution in [0.25, 0.3) is 0 Å². The molecule has 4 nitrogen and oxygen atoms in total. The van der Waals surface area contributed by atoms with E-state index in [9.17, 15) is 9.90 Å². The van der Waals surface area contributed by atoms with E-state index in [1.165, 1.54) is 31.3 Å². The van der Waals surface area contributed by atoms with E-state index in [1.807, 2.05) is 6.92 Å². The maximum atomic E-state index is 11.8. The quantitative estimate of drug-likeness (QED) is 0.812. The van der Waals surface area contributed by atoms with Crippen LogP contribution >= 0.6 is 0 Å². The zero-order valence-electron chi connectivity index (χ0n) is 9.31. The zero-order chi connectivity index (χ0) is 11.5. The molecular weight excluding hydrogens is 204 g/mol. The van der Waals surface area contributed by atoms with E-state index in [0.29, 0.717) is 0 Å². The number of hydrogen-bond acceptors (Lipinski definition) is 3. The molecule has 1 heterocycles. The Bertz CT molecular complexity index is 388. The lowest BCUT2D eigenvalue weighted by Crippen LogP contribution is -2.32. The lowest BCUT2D eigenvalue weighted by Gasteiger charge is -2.13. The van der Waals surface area contributed by atoms with Gasteiger partial charge in [0, 0.05) is 12.2 Å². The van der Waals surface area contributed by atoms with Crippen LogP contribution in [0.15, 0.2) is 18.5 Å². The fourth-order valence-corrected chi connectivity index (χ4v) is 1.79. The summed E-state index contributed by atoms with van der Waals surface area (Å²) in [5, 5.41) is 12.3. The van der Waals surface area contributed by atoms with Crippen LogP contribution in [0.5, 0.6) is 5.75 Å². The minimum Gasteiger partial charge on any atom is -0.505 e. The molecule has 1 atom stereocenters. The molecule has 0 bridgehead atoms. The molecule has 1 aliphatic rings. The number of aromatic hydroxyl groups is 1. The van der Waals surface area contributed by atoms with Gasteiger partial charge in [0.05, 0.1) is 11.8 Å². The molecule has 1 aromatic heterocycles. The van der Waals surface area contributed by atoms with Gasteiger partial charge in [0.2, 0.25) is 0 Å². The largest absolute Gasteiger partial charge is 0.505 e. The topological polar surface area (TPSA) is 62.2 Å². The van der Waals surface area contributed by atoms with E-state index in [2.05, 4.69) is 10.3 Å². The van der Waals surface area contributed by atoms with E-state index in [1.54, 1.807) is 0 Å². The number of rotatable bonds is 4. The fourth-order valence-electron chi connectivity index (χ4n) is 1.79. The Labute approximate surface area is 94.7 Å². The minimum absolute atomic E-state index is 0.0707. The van der Waals surface area contributed by atoms with Crippen LogP contribution < -0.4 is 5.32 Å². The number of pyridine rings is 1. The van der Waals surface area contributed by atoms with Gasteiger partial charge in [0.15, 0.2) is 0 Å².